The highest BCUT2D eigenvalue weighted by Crippen LogP contribution is 2.34. The largest absolute Gasteiger partial charge is 0.342 e. The number of hydrogen-bond acceptors (Lipinski definition) is 2. The number of benzene rings is 1. The van der Waals surface area contributed by atoms with Crippen LogP contribution in [0.2, 0.25) is 0 Å². The van der Waals surface area contributed by atoms with Crippen molar-refractivity contribution >= 4 is 17.5 Å². The van der Waals surface area contributed by atoms with E-state index in [0.29, 0.717) is 13.0 Å². The van der Waals surface area contributed by atoms with Gasteiger partial charge >= 0.3 is 0 Å². The summed E-state index contributed by atoms with van der Waals surface area (Å²) in [6, 6.07) is 8.27. The summed E-state index contributed by atoms with van der Waals surface area (Å²) in [6.45, 7) is 5.48. The molecule has 1 saturated heterocycles. The Balaban J connectivity index is 1.79. The SMILES string of the molecule is CCCN1CC(C(=O)N2c3ccccc3CC2C)CC1=O. The molecule has 0 radical (unpaired) electrons. The highest BCUT2D eigenvalue weighted by molar-refractivity contribution is 6.01. The molecular weight excluding hydrogens is 264 g/mol. The highest BCUT2D eigenvalue weighted by atomic mass is 16.2. The maximum atomic E-state index is 12.9. The van der Waals surface area contributed by atoms with Gasteiger partial charge in [0, 0.05) is 31.2 Å². The van der Waals surface area contributed by atoms with Gasteiger partial charge < -0.3 is 9.80 Å². The van der Waals surface area contributed by atoms with E-state index in [1.165, 1.54) is 5.56 Å². The molecule has 2 aliphatic heterocycles. The van der Waals surface area contributed by atoms with Gasteiger partial charge in [-0.2, -0.15) is 0 Å². The van der Waals surface area contributed by atoms with Gasteiger partial charge in [0.1, 0.15) is 0 Å². The van der Waals surface area contributed by atoms with Crippen molar-refractivity contribution in [1.82, 2.24) is 4.90 Å². The first-order valence-electron chi connectivity index (χ1n) is 7.80. The molecule has 0 saturated carbocycles. The molecule has 0 aliphatic carbocycles. The standard InChI is InChI=1S/C17H22N2O2/c1-3-8-18-11-14(10-16(18)20)17(21)19-12(2)9-13-6-4-5-7-15(13)19/h4-7,12,14H,3,8-11H2,1-2H3. The second-order valence-electron chi connectivity index (χ2n) is 6.13. The topological polar surface area (TPSA) is 40.6 Å². The van der Waals surface area contributed by atoms with Crippen molar-refractivity contribution in [3.05, 3.63) is 29.8 Å². The van der Waals surface area contributed by atoms with Gasteiger partial charge in [0.25, 0.3) is 0 Å². The fourth-order valence-corrected chi connectivity index (χ4v) is 3.52. The van der Waals surface area contributed by atoms with Crippen LogP contribution in [0.5, 0.6) is 0 Å². The Bertz CT molecular complexity index is 570. The van der Waals surface area contributed by atoms with E-state index < -0.39 is 0 Å². The van der Waals surface area contributed by atoms with Gasteiger partial charge in [0.05, 0.1) is 5.92 Å². The minimum atomic E-state index is -0.183. The Morgan fingerprint density at radius 2 is 2.05 bits per heavy atom. The van der Waals surface area contributed by atoms with E-state index in [9.17, 15) is 9.59 Å². The molecule has 2 aliphatic rings. The third-order valence-corrected chi connectivity index (χ3v) is 4.50. The molecule has 0 N–H and O–H groups in total. The van der Waals surface area contributed by atoms with Crippen LogP contribution in [0.15, 0.2) is 24.3 Å². The van der Waals surface area contributed by atoms with E-state index in [0.717, 1.165) is 25.1 Å². The molecule has 2 unspecified atom stereocenters. The fourth-order valence-electron chi connectivity index (χ4n) is 3.52. The summed E-state index contributed by atoms with van der Waals surface area (Å²) in [7, 11) is 0. The monoisotopic (exact) mass is 286 g/mol. The molecule has 0 bridgehead atoms. The first-order chi connectivity index (χ1) is 10.1. The first-order valence-corrected chi connectivity index (χ1v) is 7.80. The molecular formula is C17H22N2O2. The highest BCUT2D eigenvalue weighted by Gasteiger charge is 2.40. The minimum Gasteiger partial charge on any atom is -0.342 e. The zero-order valence-corrected chi connectivity index (χ0v) is 12.7. The number of carbonyl (C=O) groups is 2. The van der Waals surface area contributed by atoms with Gasteiger partial charge in [-0.05, 0) is 31.4 Å². The lowest BCUT2D eigenvalue weighted by molar-refractivity contribution is -0.128. The number of hydrogen-bond donors (Lipinski definition) is 0. The summed E-state index contributed by atoms with van der Waals surface area (Å²) in [5, 5.41) is 0. The summed E-state index contributed by atoms with van der Waals surface area (Å²) in [5.74, 6) is 0.0485. The summed E-state index contributed by atoms with van der Waals surface area (Å²) in [6.07, 6.45) is 2.21. The summed E-state index contributed by atoms with van der Waals surface area (Å²) >= 11 is 0. The molecule has 3 rings (SSSR count). The van der Waals surface area contributed by atoms with Crippen LogP contribution in [-0.2, 0) is 16.0 Å². The molecule has 112 valence electrons. The van der Waals surface area contributed by atoms with E-state index >= 15 is 0 Å². The van der Waals surface area contributed by atoms with Crippen molar-refractivity contribution in [2.75, 3.05) is 18.0 Å². The first kappa shape index (κ1) is 14.1. The molecule has 2 heterocycles. The predicted molar refractivity (Wildman–Crippen MR) is 82.1 cm³/mol. The van der Waals surface area contributed by atoms with Crippen LogP contribution in [-0.4, -0.2) is 35.8 Å². The molecule has 1 aromatic carbocycles. The third kappa shape index (κ3) is 2.43. The van der Waals surface area contributed by atoms with Crippen LogP contribution in [0.3, 0.4) is 0 Å². The molecule has 1 aromatic rings. The number of fused-ring (bicyclic) bond motifs is 1. The van der Waals surface area contributed by atoms with Crippen molar-refractivity contribution in [3.63, 3.8) is 0 Å². The van der Waals surface area contributed by atoms with Crippen molar-refractivity contribution in [3.8, 4) is 0 Å². The summed E-state index contributed by atoms with van der Waals surface area (Å²) in [5.41, 5.74) is 2.25. The number of anilines is 1. The molecule has 21 heavy (non-hydrogen) atoms. The Hall–Kier alpha value is -1.84. The Morgan fingerprint density at radius 1 is 1.29 bits per heavy atom. The number of para-hydroxylation sites is 1. The van der Waals surface area contributed by atoms with Crippen LogP contribution in [0, 0.1) is 5.92 Å². The van der Waals surface area contributed by atoms with E-state index in [2.05, 4.69) is 19.9 Å². The lowest BCUT2D eigenvalue weighted by atomic mass is 10.1. The van der Waals surface area contributed by atoms with Crippen LogP contribution < -0.4 is 4.90 Å². The number of carbonyl (C=O) groups excluding carboxylic acids is 2. The normalized spacial score (nSPS) is 24.6. The number of nitrogens with zero attached hydrogens (tertiary/aromatic N) is 2. The molecule has 2 atom stereocenters. The summed E-state index contributed by atoms with van der Waals surface area (Å²) in [4.78, 5) is 28.6. The van der Waals surface area contributed by atoms with Gasteiger partial charge in [0.15, 0.2) is 0 Å². The molecule has 2 amide bonds. The smallest absolute Gasteiger partial charge is 0.232 e. The Labute approximate surface area is 125 Å². The van der Waals surface area contributed by atoms with Gasteiger partial charge in [-0.1, -0.05) is 25.1 Å². The van der Waals surface area contributed by atoms with Crippen LogP contribution in [0.25, 0.3) is 0 Å². The average molecular weight is 286 g/mol. The lowest BCUT2D eigenvalue weighted by Crippen LogP contribution is -2.41. The zero-order chi connectivity index (χ0) is 15.0. The third-order valence-electron chi connectivity index (χ3n) is 4.50. The molecule has 0 aromatic heterocycles. The minimum absolute atomic E-state index is 0.111. The molecule has 0 spiro atoms. The van der Waals surface area contributed by atoms with Gasteiger partial charge in [-0.15, -0.1) is 0 Å². The van der Waals surface area contributed by atoms with Gasteiger partial charge in [-0.3, -0.25) is 9.59 Å². The van der Waals surface area contributed by atoms with Crippen LogP contribution in [0.4, 0.5) is 5.69 Å². The average Bonchev–Trinajstić information content (AvgIpc) is 2.99. The van der Waals surface area contributed by atoms with E-state index in [1.54, 1.807) is 0 Å². The number of amides is 2. The summed E-state index contributed by atoms with van der Waals surface area (Å²) < 4.78 is 0. The number of likely N-dealkylation sites (tertiary alicyclic amines) is 1. The van der Waals surface area contributed by atoms with Crippen molar-refractivity contribution < 1.29 is 9.59 Å². The van der Waals surface area contributed by atoms with Gasteiger partial charge in [0.2, 0.25) is 11.8 Å². The van der Waals surface area contributed by atoms with E-state index in [-0.39, 0.29) is 23.8 Å². The maximum Gasteiger partial charge on any atom is 0.232 e. The quantitative estimate of drug-likeness (QED) is 0.855. The fraction of sp³-hybridized carbons (Fsp3) is 0.529. The molecule has 4 heteroatoms. The van der Waals surface area contributed by atoms with Crippen LogP contribution in [0.1, 0.15) is 32.3 Å². The second kappa shape index (κ2) is 5.51. The van der Waals surface area contributed by atoms with Crippen molar-refractivity contribution in [2.24, 2.45) is 5.92 Å². The predicted octanol–water partition coefficient (Wildman–Crippen LogP) is 2.22. The van der Waals surface area contributed by atoms with E-state index in [4.69, 9.17) is 0 Å². The van der Waals surface area contributed by atoms with Crippen molar-refractivity contribution in [2.45, 2.75) is 39.2 Å². The molecule has 1 fully saturated rings. The van der Waals surface area contributed by atoms with E-state index in [1.807, 2.05) is 28.0 Å². The lowest BCUT2D eigenvalue weighted by Gasteiger charge is -2.25. The van der Waals surface area contributed by atoms with Crippen LogP contribution >= 0.6 is 0 Å². The number of rotatable bonds is 3. The van der Waals surface area contributed by atoms with Gasteiger partial charge in [-0.25, -0.2) is 0 Å². The maximum absolute atomic E-state index is 12.9. The zero-order valence-electron chi connectivity index (χ0n) is 12.7. The second-order valence-corrected chi connectivity index (χ2v) is 6.13. The Kier molecular flexibility index (Phi) is 3.70. The van der Waals surface area contributed by atoms with Crippen molar-refractivity contribution in [1.29, 1.82) is 0 Å². The molecule has 4 nitrogen and oxygen atoms in total. The Morgan fingerprint density at radius 3 is 2.81 bits per heavy atom.